The molecule has 0 saturated carbocycles. The van der Waals surface area contributed by atoms with Crippen molar-refractivity contribution in [3.8, 4) is 5.88 Å². The Labute approximate surface area is 136 Å². The van der Waals surface area contributed by atoms with E-state index in [9.17, 15) is 4.21 Å². The van der Waals surface area contributed by atoms with Gasteiger partial charge < -0.3 is 9.47 Å². The molecule has 6 nitrogen and oxygen atoms in total. The monoisotopic (exact) mass is 329 g/mol. The molecule has 23 heavy (non-hydrogen) atoms. The number of benzene rings is 1. The molecule has 0 saturated heterocycles. The summed E-state index contributed by atoms with van der Waals surface area (Å²) in [6.07, 6.45) is 3.20. The fourth-order valence-electron chi connectivity index (χ4n) is 2.05. The summed E-state index contributed by atoms with van der Waals surface area (Å²) in [4.78, 5) is 13.2. The van der Waals surface area contributed by atoms with Crippen molar-refractivity contribution in [3.63, 3.8) is 0 Å². The summed E-state index contributed by atoms with van der Waals surface area (Å²) >= 11 is 0. The van der Waals surface area contributed by atoms with Gasteiger partial charge in [0.15, 0.2) is 0 Å². The van der Waals surface area contributed by atoms with Gasteiger partial charge in [0.25, 0.3) is 0 Å². The molecular weight excluding hydrogens is 314 g/mol. The molecule has 3 rings (SSSR count). The van der Waals surface area contributed by atoms with Gasteiger partial charge in [0.05, 0.1) is 17.0 Å². The molecule has 7 heteroatoms. The largest absolute Gasteiger partial charge is 0.475 e. The molecule has 0 aliphatic rings. The highest BCUT2D eigenvalue weighted by molar-refractivity contribution is 7.85. The van der Waals surface area contributed by atoms with Crippen LogP contribution in [0.1, 0.15) is 0 Å². The Bertz CT molecular complexity index is 836. The minimum absolute atomic E-state index is 0.193. The lowest BCUT2D eigenvalue weighted by molar-refractivity contribution is 0.143. The summed E-state index contributed by atoms with van der Waals surface area (Å²) < 4.78 is 23.2. The number of hydrogen-bond donors (Lipinski definition) is 0. The first-order valence-electron chi connectivity index (χ1n) is 7.00. The Balaban J connectivity index is 1.92. The molecule has 1 aromatic carbocycles. The molecule has 2 aromatic heterocycles. The highest BCUT2D eigenvalue weighted by atomic mass is 32.2. The minimum Gasteiger partial charge on any atom is -0.475 e. The Morgan fingerprint density at radius 2 is 1.91 bits per heavy atom. The molecule has 0 spiro atoms. The van der Waals surface area contributed by atoms with Crippen molar-refractivity contribution in [1.29, 1.82) is 0 Å². The van der Waals surface area contributed by atoms with Crippen molar-refractivity contribution in [3.05, 3.63) is 48.8 Å². The maximum absolute atomic E-state index is 12.8. The Hall–Kier alpha value is -2.38. The van der Waals surface area contributed by atoms with Crippen LogP contribution in [-0.2, 0) is 15.5 Å². The number of nitrogens with zero attached hydrogens (tertiary/aromatic N) is 3. The molecule has 0 fully saturated rings. The van der Waals surface area contributed by atoms with E-state index in [1.165, 1.54) is 6.20 Å². The zero-order valence-corrected chi connectivity index (χ0v) is 13.3. The first kappa shape index (κ1) is 15.5. The van der Waals surface area contributed by atoms with Gasteiger partial charge >= 0.3 is 0 Å². The van der Waals surface area contributed by atoms with Gasteiger partial charge in [-0.25, -0.2) is 9.19 Å². The summed E-state index contributed by atoms with van der Waals surface area (Å²) in [5.74, 6) is 0.369. The normalized spacial score (nSPS) is 12.2. The van der Waals surface area contributed by atoms with Gasteiger partial charge in [-0.15, -0.1) is 0 Å². The second-order valence-electron chi connectivity index (χ2n) is 4.62. The summed E-state index contributed by atoms with van der Waals surface area (Å²) in [7, 11) is 0.0596. The Kier molecular flexibility index (Phi) is 4.89. The van der Waals surface area contributed by atoms with Crippen LogP contribution in [0, 0.1) is 0 Å². The van der Waals surface area contributed by atoms with Gasteiger partial charge in [-0.3, -0.25) is 4.98 Å². The van der Waals surface area contributed by atoms with Crippen molar-refractivity contribution in [1.82, 2.24) is 15.0 Å². The van der Waals surface area contributed by atoms with Crippen LogP contribution >= 0.6 is 0 Å². The highest BCUT2D eigenvalue weighted by Gasteiger charge is 2.15. The standard InChI is InChI=1S/C16H15N3O3S/c1-21-10-11-22-14-7-9-18-16(19-14)23(20)13-6-2-4-12-5-3-8-17-15(12)13/h2-9H,10-11H2,1H3. The van der Waals surface area contributed by atoms with E-state index in [1.807, 2.05) is 24.3 Å². The second-order valence-corrected chi connectivity index (χ2v) is 5.96. The molecule has 2 heterocycles. The van der Waals surface area contributed by atoms with Crippen LogP contribution in [0.4, 0.5) is 0 Å². The van der Waals surface area contributed by atoms with Crippen molar-refractivity contribution in [2.24, 2.45) is 0 Å². The van der Waals surface area contributed by atoms with Crippen molar-refractivity contribution >= 4 is 21.7 Å². The number of hydrogen-bond acceptors (Lipinski definition) is 6. The number of aromatic nitrogens is 3. The summed E-state index contributed by atoms with van der Waals surface area (Å²) in [6, 6.07) is 10.9. The molecule has 0 aliphatic carbocycles. The summed E-state index contributed by atoms with van der Waals surface area (Å²) in [6.45, 7) is 0.824. The minimum atomic E-state index is -1.53. The number of rotatable bonds is 6. The first-order valence-corrected chi connectivity index (χ1v) is 8.15. The lowest BCUT2D eigenvalue weighted by Crippen LogP contribution is -2.07. The van der Waals surface area contributed by atoms with E-state index in [0.717, 1.165) is 5.39 Å². The van der Waals surface area contributed by atoms with Gasteiger partial charge in [-0.1, -0.05) is 18.2 Å². The van der Waals surface area contributed by atoms with E-state index in [4.69, 9.17) is 9.47 Å². The maximum Gasteiger partial charge on any atom is 0.226 e. The molecule has 1 atom stereocenters. The quantitative estimate of drug-likeness (QED) is 0.510. The first-order chi connectivity index (χ1) is 11.3. The highest BCUT2D eigenvalue weighted by Crippen LogP contribution is 2.22. The third-order valence-electron chi connectivity index (χ3n) is 3.11. The van der Waals surface area contributed by atoms with Crippen molar-refractivity contribution in [2.45, 2.75) is 10.1 Å². The van der Waals surface area contributed by atoms with E-state index < -0.39 is 10.8 Å². The zero-order chi connectivity index (χ0) is 16.1. The molecule has 118 valence electrons. The summed E-state index contributed by atoms with van der Waals surface area (Å²) in [5, 5.41) is 1.11. The van der Waals surface area contributed by atoms with Crippen molar-refractivity contribution < 1.29 is 13.7 Å². The van der Waals surface area contributed by atoms with Crippen LogP contribution in [0.5, 0.6) is 5.88 Å². The average molecular weight is 329 g/mol. The van der Waals surface area contributed by atoms with Gasteiger partial charge in [-0.05, 0) is 12.1 Å². The van der Waals surface area contributed by atoms with Crippen molar-refractivity contribution in [2.75, 3.05) is 20.3 Å². The average Bonchev–Trinajstić information content (AvgIpc) is 2.61. The zero-order valence-electron chi connectivity index (χ0n) is 12.5. The predicted octanol–water partition coefficient (Wildman–Crippen LogP) is 2.22. The van der Waals surface area contributed by atoms with Gasteiger partial charge in [-0.2, -0.15) is 4.98 Å². The molecule has 0 N–H and O–H groups in total. The van der Waals surface area contributed by atoms with E-state index in [1.54, 1.807) is 25.4 Å². The smallest absolute Gasteiger partial charge is 0.226 e. The number of ether oxygens (including phenoxy) is 2. The Morgan fingerprint density at radius 3 is 2.78 bits per heavy atom. The molecular formula is C16H15N3O3S. The second kappa shape index (κ2) is 7.26. The third kappa shape index (κ3) is 3.52. The molecule has 0 bridgehead atoms. The van der Waals surface area contributed by atoms with E-state index in [-0.39, 0.29) is 5.16 Å². The summed E-state index contributed by atoms with van der Waals surface area (Å²) in [5.41, 5.74) is 0.683. The fourth-order valence-corrected chi connectivity index (χ4v) is 3.12. The van der Waals surface area contributed by atoms with Gasteiger partial charge in [0.1, 0.15) is 17.4 Å². The van der Waals surface area contributed by atoms with Crippen LogP contribution in [0.25, 0.3) is 10.9 Å². The van der Waals surface area contributed by atoms with Gasteiger partial charge in [0, 0.05) is 31.0 Å². The molecule has 1 unspecified atom stereocenters. The number of pyridine rings is 1. The van der Waals surface area contributed by atoms with Gasteiger partial charge in [0.2, 0.25) is 11.0 Å². The van der Waals surface area contributed by atoms with Crippen LogP contribution in [0.15, 0.2) is 58.8 Å². The van der Waals surface area contributed by atoms with Crippen LogP contribution < -0.4 is 4.74 Å². The maximum atomic E-state index is 12.8. The van der Waals surface area contributed by atoms with Crippen LogP contribution in [0.3, 0.4) is 0 Å². The fraction of sp³-hybridized carbons (Fsp3) is 0.188. The number of para-hydroxylation sites is 1. The topological polar surface area (TPSA) is 74.2 Å². The molecule has 3 aromatic rings. The third-order valence-corrected chi connectivity index (χ3v) is 4.36. The van der Waals surface area contributed by atoms with E-state index in [2.05, 4.69) is 15.0 Å². The molecule has 0 aliphatic heterocycles. The van der Waals surface area contributed by atoms with Crippen LogP contribution in [0.2, 0.25) is 0 Å². The van der Waals surface area contributed by atoms with E-state index in [0.29, 0.717) is 29.5 Å². The SMILES string of the molecule is COCCOc1ccnc(S(=O)c2cccc3cccnc23)n1. The lowest BCUT2D eigenvalue weighted by Gasteiger charge is -2.07. The molecule has 0 radical (unpaired) electrons. The number of methoxy groups -OCH3 is 1. The molecule has 0 amide bonds. The lowest BCUT2D eigenvalue weighted by atomic mass is 10.2. The van der Waals surface area contributed by atoms with E-state index >= 15 is 0 Å². The number of fused-ring (bicyclic) bond motifs is 1. The Morgan fingerprint density at radius 1 is 1.04 bits per heavy atom. The van der Waals surface area contributed by atoms with Crippen LogP contribution in [-0.4, -0.2) is 39.5 Å². The predicted molar refractivity (Wildman–Crippen MR) is 85.8 cm³/mol.